The van der Waals surface area contributed by atoms with Gasteiger partial charge in [0.15, 0.2) is 11.4 Å². The number of hydrogen-bond acceptors (Lipinski definition) is 2. The molecule has 0 saturated carbocycles. The van der Waals surface area contributed by atoms with E-state index in [1.807, 2.05) is 0 Å². The van der Waals surface area contributed by atoms with E-state index in [2.05, 4.69) is 27.7 Å². The second-order valence-electron chi connectivity index (χ2n) is 4.40. The molecule has 0 saturated heterocycles. The van der Waals surface area contributed by atoms with Gasteiger partial charge in [0.25, 0.3) is 0 Å². The van der Waals surface area contributed by atoms with Gasteiger partial charge in [0.05, 0.1) is 0 Å². The molecular formula is C8H18O2PS+. The molecule has 0 aliphatic carbocycles. The van der Waals surface area contributed by atoms with E-state index in [4.69, 9.17) is 4.89 Å². The summed E-state index contributed by atoms with van der Waals surface area (Å²) in [5.74, 6) is 1.30. The average Bonchev–Trinajstić information content (AvgIpc) is 1.79. The van der Waals surface area contributed by atoms with Crippen molar-refractivity contribution in [3.63, 3.8) is 0 Å². The van der Waals surface area contributed by atoms with Crippen LogP contribution < -0.4 is 0 Å². The van der Waals surface area contributed by atoms with Crippen LogP contribution in [-0.4, -0.2) is 10.6 Å². The molecule has 0 bridgehead atoms. The second kappa shape index (κ2) is 5.21. The third-order valence-corrected chi connectivity index (χ3v) is 3.48. The van der Waals surface area contributed by atoms with Gasteiger partial charge in [-0.1, -0.05) is 27.7 Å². The van der Waals surface area contributed by atoms with Crippen LogP contribution in [0.2, 0.25) is 0 Å². The Balaban J connectivity index is 3.60. The SMILES string of the molecule is CC(CS[P+](=O)O)CC(C)(C)C. The zero-order chi connectivity index (χ0) is 9.78. The molecule has 12 heavy (non-hydrogen) atoms. The van der Waals surface area contributed by atoms with Crippen molar-refractivity contribution in [1.29, 1.82) is 0 Å². The summed E-state index contributed by atoms with van der Waals surface area (Å²) >= 11 is 1.14. The Morgan fingerprint density at radius 1 is 1.50 bits per heavy atom. The maximum atomic E-state index is 10.4. The van der Waals surface area contributed by atoms with Gasteiger partial charge in [0, 0.05) is 5.75 Å². The van der Waals surface area contributed by atoms with Crippen LogP contribution in [0.25, 0.3) is 0 Å². The Labute approximate surface area is 79.8 Å². The molecule has 0 aromatic rings. The highest BCUT2D eigenvalue weighted by atomic mass is 32.7. The van der Waals surface area contributed by atoms with E-state index in [0.717, 1.165) is 23.6 Å². The topological polar surface area (TPSA) is 37.3 Å². The summed E-state index contributed by atoms with van der Waals surface area (Å²) in [5, 5.41) is 0. The van der Waals surface area contributed by atoms with Crippen molar-refractivity contribution < 1.29 is 9.46 Å². The van der Waals surface area contributed by atoms with Crippen LogP contribution in [0.5, 0.6) is 0 Å². The van der Waals surface area contributed by atoms with Crippen LogP contribution in [0.15, 0.2) is 0 Å². The van der Waals surface area contributed by atoms with Crippen molar-refractivity contribution >= 4 is 18.6 Å². The molecule has 1 N–H and O–H groups in total. The van der Waals surface area contributed by atoms with E-state index in [0.29, 0.717) is 11.3 Å². The van der Waals surface area contributed by atoms with Gasteiger partial charge in [-0.05, 0) is 22.3 Å². The van der Waals surface area contributed by atoms with Crippen LogP contribution in [0, 0.1) is 11.3 Å². The molecule has 0 aromatic carbocycles. The first kappa shape index (κ1) is 12.4. The van der Waals surface area contributed by atoms with Crippen LogP contribution in [-0.2, 0) is 4.57 Å². The molecule has 0 radical (unpaired) electrons. The third-order valence-electron chi connectivity index (χ3n) is 1.43. The van der Waals surface area contributed by atoms with Crippen LogP contribution >= 0.6 is 18.6 Å². The lowest BCUT2D eigenvalue weighted by Crippen LogP contribution is -2.12. The van der Waals surface area contributed by atoms with Gasteiger partial charge in [-0.25, -0.2) is 0 Å². The molecule has 2 nitrogen and oxygen atoms in total. The molecule has 0 aliphatic heterocycles. The van der Waals surface area contributed by atoms with Gasteiger partial charge in [0.1, 0.15) is 0 Å². The van der Waals surface area contributed by atoms with Crippen molar-refractivity contribution in [2.24, 2.45) is 11.3 Å². The molecular weight excluding hydrogens is 191 g/mol. The Morgan fingerprint density at radius 3 is 2.33 bits per heavy atom. The minimum Gasteiger partial charge on any atom is -0.151 e. The van der Waals surface area contributed by atoms with Crippen molar-refractivity contribution in [2.75, 3.05) is 5.75 Å². The molecule has 72 valence electrons. The van der Waals surface area contributed by atoms with Crippen LogP contribution in [0.4, 0.5) is 0 Å². The maximum Gasteiger partial charge on any atom is 0.582 e. The highest BCUT2D eigenvalue weighted by Crippen LogP contribution is 2.36. The lowest BCUT2D eigenvalue weighted by molar-refractivity contribution is 0.323. The number of rotatable bonds is 4. The monoisotopic (exact) mass is 209 g/mol. The standard InChI is InChI=1S/C8H17O2PS/c1-7(5-8(2,3)4)6-12-11(9)10/h7H,5-6H2,1-4H3/p+1. The van der Waals surface area contributed by atoms with Crippen molar-refractivity contribution in [1.82, 2.24) is 0 Å². The summed E-state index contributed by atoms with van der Waals surface area (Å²) in [7, 11) is -2.01. The second-order valence-corrected chi connectivity index (χ2v) is 7.18. The highest BCUT2D eigenvalue weighted by molar-refractivity contribution is 8.50. The third kappa shape index (κ3) is 8.51. The Bertz CT molecular complexity index is 154. The van der Waals surface area contributed by atoms with E-state index in [-0.39, 0.29) is 0 Å². The summed E-state index contributed by atoms with van der Waals surface area (Å²) in [6, 6.07) is 0. The zero-order valence-corrected chi connectivity index (χ0v) is 9.91. The largest absolute Gasteiger partial charge is 0.582 e. The van der Waals surface area contributed by atoms with Crippen LogP contribution in [0.1, 0.15) is 34.1 Å². The van der Waals surface area contributed by atoms with Crippen LogP contribution in [0.3, 0.4) is 0 Å². The quantitative estimate of drug-likeness (QED) is 0.720. The van der Waals surface area contributed by atoms with Crippen molar-refractivity contribution in [3.05, 3.63) is 0 Å². The predicted octanol–water partition coefficient (Wildman–Crippen LogP) is 3.44. The fourth-order valence-electron chi connectivity index (χ4n) is 1.30. The minimum atomic E-state index is -2.01. The maximum absolute atomic E-state index is 10.4. The lowest BCUT2D eigenvalue weighted by atomic mass is 9.86. The Morgan fingerprint density at radius 2 is 2.00 bits per heavy atom. The Kier molecular flexibility index (Phi) is 5.38. The summed E-state index contributed by atoms with van der Waals surface area (Å²) in [6.45, 7) is 8.68. The molecule has 0 aromatic heterocycles. The van der Waals surface area contributed by atoms with Crippen molar-refractivity contribution in [2.45, 2.75) is 34.1 Å². The van der Waals surface area contributed by atoms with E-state index in [1.54, 1.807) is 0 Å². The first-order valence-corrected chi connectivity index (χ1v) is 6.90. The van der Waals surface area contributed by atoms with E-state index in [1.165, 1.54) is 0 Å². The van der Waals surface area contributed by atoms with Gasteiger partial charge in [0.2, 0.25) is 0 Å². The molecule has 0 amide bonds. The summed E-state index contributed by atoms with van der Waals surface area (Å²) in [4.78, 5) is 8.57. The smallest absolute Gasteiger partial charge is 0.151 e. The summed E-state index contributed by atoms with van der Waals surface area (Å²) in [6.07, 6.45) is 1.10. The molecule has 0 spiro atoms. The minimum absolute atomic E-state index is 0.321. The molecule has 2 atom stereocenters. The number of hydrogen-bond donors (Lipinski definition) is 1. The van der Waals surface area contributed by atoms with E-state index in [9.17, 15) is 4.57 Å². The molecule has 0 heterocycles. The van der Waals surface area contributed by atoms with Gasteiger partial charge in [-0.15, -0.1) is 0 Å². The molecule has 0 rings (SSSR count). The first-order valence-electron chi connectivity index (χ1n) is 4.10. The molecule has 2 unspecified atom stereocenters. The predicted molar refractivity (Wildman–Crippen MR) is 55.5 cm³/mol. The lowest BCUT2D eigenvalue weighted by Gasteiger charge is -2.21. The summed E-state index contributed by atoms with van der Waals surface area (Å²) < 4.78 is 10.4. The fraction of sp³-hybridized carbons (Fsp3) is 1.00. The summed E-state index contributed by atoms with van der Waals surface area (Å²) in [5.41, 5.74) is 0.321. The molecule has 0 aliphatic rings. The molecule has 0 fully saturated rings. The van der Waals surface area contributed by atoms with Gasteiger partial charge in [-0.3, -0.25) is 0 Å². The zero-order valence-electron chi connectivity index (χ0n) is 8.20. The van der Waals surface area contributed by atoms with Crippen molar-refractivity contribution in [3.8, 4) is 0 Å². The Hall–Kier alpha value is 0.410. The highest BCUT2D eigenvalue weighted by Gasteiger charge is 2.20. The normalized spacial score (nSPS) is 15.9. The van der Waals surface area contributed by atoms with E-state index < -0.39 is 7.23 Å². The van der Waals surface area contributed by atoms with Gasteiger partial charge < -0.3 is 0 Å². The van der Waals surface area contributed by atoms with E-state index >= 15 is 0 Å². The molecule has 4 heteroatoms. The fourth-order valence-corrected chi connectivity index (χ4v) is 2.94. The van der Waals surface area contributed by atoms with Gasteiger partial charge in [-0.2, -0.15) is 4.89 Å². The first-order chi connectivity index (χ1) is 5.31. The average molecular weight is 209 g/mol. The van der Waals surface area contributed by atoms with Gasteiger partial charge >= 0.3 is 7.23 Å².